The highest BCUT2D eigenvalue weighted by Gasteiger charge is 2.16. The number of esters is 4. The summed E-state index contributed by atoms with van der Waals surface area (Å²) in [6.07, 6.45) is 0. The molecular weight excluding hydrogens is 472 g/mol. The van der Waals surface area contributed by atoms with Gasteiger partial charge in [-0.25, -0.2) is 9.59 Å². The standard InChI is InChI=1S/C11H11BrO4.C11H12O4/c1-7(13)16-10-5-3-4-8(9(10)6-12)11(14)15-2;1-7-9(11(13)14-3)5-4-6-10(7)15-8(2)12/h3-5H,6H2,1-2H3;4-6H,1-3H3. The van der Waals surface area contributed by atoms with E-state index in [0.717, 1.165) is 0 Å². The van der Waals surface area contributed by atoms with Gasteiger partial charge in [0.2, 0.25) is 0 Å². The molecule has 8 nitrogen and oxygen atoms in total. The van der Waals surface area contributed by atoms with E-state index in [4.69, 9.17) is 9.47 Å². The second-order valence-corrected chi connectivity index (χ2v) is 6.58. The molecule has 0 saturated carbocycles. The lowest BCUT2D eigenvalue weighted by atomic mass is 10.1. The maximum absolute atomic E-state index is 11.4. The number of ether oxygens (including phenoxy) is 4. The van der Waals surface area contributed by atoms with Crippen molar-refractivity contribution in [3.63, 3.8) is 0 Å². The minimum atomic E-state index is -0.455. The molecule has 9 heteroatoms. The van der Waals surface area contributed by atoms with Crippen molar-refractivity contribution in [2.75, 3.05) is 14.2 Å². The van der Waals surface area contributed by atoms with Crippen LogP contribution in [0.2, 0.25) is 0 Å². The van der Waals surface area contributed by atoms with Gasteiger partial charge in [0.15, 0.2) is 0 Å². The van der Waals surface area contributed by atoms with Crippen LogP contribution in [0.5, 0.6) is 11.5 Å². The van der Waals surface area contributed by atoms with E-state index in [9.17, 15) is 19.2 Å². The fourth-order valence-electron chi connectivity index (χ4n) is 2.47. The zero-order chi connectivity index (χ0) is 23.6. The smallest absolute Gasteiger partial charge is 0.338 e. The molecule has 0 radical (unpaired) electrons. The summed E-state index contributed by atoms with van der Waals surface area (Å²) in [6, 6.07) is 9.77. The molecule has 0 aliphatic heterocycles. The largest absolute Gasteiger partial charge is 0.465 e. The molecule has 0 atom stereocenters. The lowest BCUT2D eigenvalue weighted by molar-refractivity contribution is -0.132. The Balaban J connectivity index is 0.000000311. The average Bonchev–Trinajstić information content (AvgIpc) is 2.73. The third kappa shape index (κ3) is 7.53. The van der Waals surface area contributed by atoms with Crippen LogP contribution in [-0.2, 0) is 24.4 Å². The van der Waals surface area contributed by atoms with Crippen LogP contribution < -0.4 is 9.47 Å². The van der Waals surface area contributed by atoms with Gasteiger partial charge in [0, 0.05) is 30.3 Å². The van der Waals surface area contributed by atoms with Gasteiger partial charge in [0.05, 0.1) is 25.3 Å². The number of methoxy groups -OCH3 is 2. The second kappa shape index (κ2) is 12.5. The molecule has 0 N–H and O–H groups in total. The first-order chi connectivity index (χ1) is 14.7. The van der Waals surface area contributed by atoms with Crippen LogP contribution >= 0.6 is 15.9 Å². The van der Waals surface area contributed by atoms with Gasteiger partial charge in [0.1, 0.15) is 11.5 Å². The second-order valence-electron chi connectivity index (χ2n) is 6.02. The molecule has 0 spiro atoms. The van der Waals surface area contributed by atoms with Crippen LogP contribution in [0, 0.1) is 6.92 Å². The van der Waals surface area contributed by atoms with Crippen LogP contribution in [0.4, 0.5) is 0 Å². The maximum Gasteiger partial charge on any atom is 0.338 e. The number of benzene rings is 2. The number of hydrogen-bond donors (Lipinski definition) is 0. The highest BCUT2D eigenvalue weighted by atomic mass is 79.9. The number of halogens is 1. The molecule has 0 aromatic heterocycles. The summed E-state index contributed by atoms with van der Waals surface area (Å²) in [5.41, 5.74) is 1.98. The summed E-state index contributed by atoms with van der Waals surface area (Å²) >= 11 is 3.25. The first kappa shape index (κ1) is 25.8. The van der Waals surface area contributed by atoms with Crippen LogP contribution in [-0.4, -0.2) is 38.1 Å². The molecule has 2 rings (SSSR count). The van der Waals surface area contributed by atoms with Crippen molar-refractivity contribution < 1.29 is 38.1 Å². The Morgan fingerprint density at radius 1 is 0.774 bits per heavy atom. The molecule has 0 aliphatic carbocycles. The Morgan fingerprint density at radius 2 is 1.23 bits per heavy atom. The maximum atomic E-state index is 11.4. The lowest BCUT2D eigenvalue weighted by Gasteiger charge is -2.10. The Kier molecular flexibility index (Phi) is 10.4. The van der Waals surface area contributed by atoms with E-state index in [1.165, 1.54) is 28.1 Å². The molecule has 0 saturated heterocycles. The number of alkyl halides is 1. The van der Waals surface area contributed by atoms with Crippen molar-refractivity contribution in [2.24, 2.45) is 0 Å². The SMILES string of the molecule is COC(=O)c1cccc(OC(C)=O)c1C.COC(=O)c1cccc(OC(C)=O)c1CBr. The topological polar surface area (TPSA) is 105 Å². The zero-order valence-corrected chi connectivity index (χ0v) is 19.4. The minimum Gasteiger partial charge on any atom is -0.465 e. The third-order valence-corrected chi connectivity index (χ3v) is 4.43. The molecular formula is C22H23BrO8. The van der Waals surface area contributed by atoms with Gasteiger partial charge < -0.3 is 18.9 Å². The normalized spacial score (nSPS) is 9.61. The highest BCUT2D eigenvalue weighted by Crippen LogP contribution is 2.26. The van der Waals surface area contributed by atoms with Crippen LogP contribution in [0.3, 0.4) is 0 Å². The van der Waals surface area contributed by atoms with E-state index in [2.05, 4.69) is 25.4 Å². The van der Waals surface area contributed by atoms with Crippen LogP contribution in [0.15, 0.2) is 36.4 Å². The van der Waals surface area contributed by atoms with E-state index >= 15 is 0 Å². The molecule has 0 amide bonds. The number of hydrogen-bond acceptors (Lipinski definition) is 8. The van der Waals surface area contributed by atoms with E-state index in [-0.39, 0.29) is 0 Å². The number of rotatable bonds is 5. The van der Waals surface area contributed by atoms with Gasteiger partial charge in [-0.1, -0.05) is 28.1 Å². The van der Waals surface area contributed by atoms with Gasteiger partial charge >= 0.3 is 23.9 Å². The van der Waals surface area contributed by atoms with Crippen molar-refractivity contribution in [1.29, 1.82) is 0 Å². The molecule has 0 fully saturated rings. The summed E-state index contributed by atoms with van der Waals surface area (Å²) in [5, 5.41) is 0.404. The number of carbonyl (C=O) groups is 4. The predicted molar refractivity (Wildman–Crippen MR) is 116 cm³/mol. The van der Waals surface area contributed by atoms with Crippen molar-refractivity contribution in [3.8, 4) is 11.5 Å². The Morgan fingerprint density at radius 3 is 1.71 bits per heavy atom. The van der Waals surface area contributed by atoms with Crippen LogP contribution in [0.25, 0.3) is 0 Å². The minimum absolute atomic E-state index is 0.368. The lowest BCUT2D eigenvalue weighted by Crippen LogP contribution is -2.09. The molecule has 0 heterocycles. The van der Waals surface area contributed by atoms with Crippen molar-refractivity contribution in [1.82, 2.24) is 0 Å². The van der Waals surface area contributed by atoms with Crippen molar-refractivity contribution in [3.05, 3.63) is 58.7 Å². The molecule has 2 aromatic carbocycles. The monoisotopic (exact) mass is 494 g/mol. The van der Waals surface area contributed by atoms with Crippen LogP contribution in [0.1, 0.15) is 45.7 Å². The Hall–Kier alpha value is -3.20. The van der Waals surface area contributed by atoms with Gasteiger partial charge in [-0.15, -0.1) is 0 Å². The molecule has 0 aliphatic rings. The zero-order valence-electron chi connectivity index (χ0n) is 17.8. The van der Waals surface area contributed by atoms with Gasteiger partial charge in [0.25, 0.3) is 0 Å². The van der Waals surface area contributed by atoms with Gasteiger partial charge in [-0.05, 0) is 31.2 Å². The fourth-order valence-corrected chi connectivity index (χ4v) is 3.04. The Bertz CT molecular complexity index is 968. The first-order valence-electron chi connectivity index (χ1n) is 8.97. The van der Waals surface area contributed by atoms with E-state index in [1.54, 1.807) is 43.3 Å². The summed E-state index contributed by atoms with van der Waals surface area (Å²) in [4.78, 5) is 44.4. The number of carbonyl (C=O) groups excluding carboxylic acids is 4. The molecule has 0 unspecified atom stereocenters. The molecule has 2 aromatic rings. The van der Waals surface area contributed by atoms with E-state index < -0.39 is 23.9 Å². The molecule has 0 bridgehead atoms. The van der Waals surface area contributed by atoms with E-state index in [0.29, 0.717) is 39.1 Å². The van der Waals surface area contributed by atoms with Gasteiger partial charge in [-0.3, -0.25) is 9.59 Å². The summed E-state index contributed by atoms with van der Waals surface area (Å²) in [6.45, 7) is 4.32. The predicted octanol–water partition coefficient (Wildman–Crippen LogP) is 4.00. The average molecular weight is 495 g/mol. The summed E-state index contributed by atoms with van der Waals surface area (Å²) in [5.74, 6) is -0.994. The quantitative estimate of drug-likeness (QED) is 0.348. The van der Waals surface area contributed by atoms with Crippen molar-refractivity contribution >= 4 is 39.8 Å². The summed E-state index contributed by atoms with van der Waals surface area (Å²) in [7, 11) is 2.61. The first-order valence-corrected chi connectivity index (χ1v) is 10.1. The third-order valence-electron chi connectivity index (χ3n) is 3.87. The molecule has 166 valence electrons. The summed E-state index contributed by atoms with van der Waals surface area (Å²) < 4.78 is 19.2. The Labute approximate surface area is 188 Å². The highest BCUT2D eigenvalue weighted by molar-refractivity contribution is 9.08. The van der Waals surface area contributed by atoms with Gasteiger partial charge in [-0.2, -0.15) is 0 Å². The van der Waals surface area contributed by atoms with Crippen molar-refractivity contribution in [2.45, 2.75) is 26.1 Å². The van der Waals surface area contributed by atoms with E-state index in [1.807, 2.05) is 0 Å². The molecule has 31 heavy (non-hydrogen) atoms. The fraction of sp³-hybridized carbons (Fsp3) is 0.273.